The summed E-state index contributed by atoms with van der Waals surface area (Å²) in [4.78, 5) is 0. The molecular formula is C8H14O3Si2. The molecule has 0 aliphatic heterocycles. The Morgan fingerprint density at radius 3 is 2.38 bits per heavy atom. The molecule has 1 atom stereocenters. The molecule has 0 aliphatic rings. The van der Waals surface area contributed by atoms with Crippen molar-refractivity contribution in [3.05, 3.63) is 30.3 Å². The van der Waals surface area contributed by atoms with Crippen molar-refractivity contribution in [1.29, 1.82) is 0 Å². The van der Waals surface area contributed by atoms with E-state index < -0.39 is 19.3 Å². The fourth-order valence-electron chi connectivity index (χ4n) is 1.04. The Balaban J connectivity index is 2.56. The van der Waals surface area contributed by atoms with Crippen LogP contribution in [0, 0.1) is 0 Å². The van der Waals surface area contributed by atoms with Crippen molar-refractivity contribution in [3.63, 3.8) is 0 Å². The molecule has 72 valence electrons. The van der Waals surface area contributed by atoms with Crippen LogP contribution in [0.2, 0.25) is 0 Å². The zero-order chi connectivity index (χ0) is 9.52. The highest BCUT2D eigenvalue weighted by Crippen LogP contribution is 1.90. The first-order valence-electron chi connectivity index (χ1n) is 4.06. The fraction of sp³-hybridized carbons (Fsp3) is 0.250. The zero-order valence-electron chi connectivity index (χ0n) is 7.90. The quantitative estimate of drug-likeness (QED) is 0.614. The molecule has 1 aromatic rings. The summed E-state index contributed by atoms with van der Waals surface area (Å²) in [5.74, 6) is 0. The molecule has 0 radical (unpaired) electrons. The van der Waals surface area contributed by atoms with Crippen molar-refractivity contribution < 1.29 is 13.0 Å². The van der Waals surface area contributed by atoms with E-state index in [0.29, 0.717) is 0 Å². The van der Waals surface area contributed by atoms with Crippen LogP contribution in [-0.4, -0.2) is 33.5 Å². The van der Waals surface area contributed by atoms with Gasteiger partial charge in [0.25, 0.3) is 10.0 Å². The minimum absolute atomic E-state index is 0.844. The standard InChI is InChI=1S/C8H14O3Si2/c1-9-12-11-13(10-2)8-6-4-3-5-7-8/h3-7,13H,12H2,1-2H3. The predicted molar refractivity (Wildman–Crippen MR) is 56.9 cm³/mol. The van der Waals surface area contributed by atoms with Crippen molar-refractivity contribution in [2.24, 2.45) is 0 Å². The van der Waals surface area contributed by atoms with Gasteiger partial charge < -0.3 is 13.0 Å². The van der Waals surface area contributed by atoms with Crippen LogP contribution in [0.15, 0.2) is 30.3 Å². The van der Waals surface area contributed by atoms with Crippen molar-refractivity contribution >= 4 is 24.5 Å². The summed E-state index contributed by atoms with van der Waals surface area (Å²) in [6.07, 6.45) is 0. The molecule has 1 rings (SSSR count). The molecule has 1 aromatic carbocycles. The van der Waals surface area contributed by atoms with E-state index in [2.05, 4.69) is 0 Å². The maximum Gasteiger partial charge on any atom is 0.346 e. The Hall–Kier alpha value is -0.466. The first-order chi connectivity index (χ1) is 6.38. The van der Waals surface area contributed by atoms with Crippen LogP contribution in [0.3, 0.4) is 0 Å². The zero-order valence-corrected chi connectivity index (χ0v) is 10.5. The molecule has 1 unspecified atom stereocenters. The van der Waals surface area contributed by atoms with Crippen molar-refractivity contribution in [2.45, 2.75) is 0 Å². The van der Waals surface area contributed by atoms with E-state index in [1.54, 1.807) is 14.2 Å². The van der Waals surface area contributed by atoms with Crippen LogP contribution in [0.25, 0.3) is 0 Å². The number of rotatable bonds is 5. The Morgan fingerprint density at radius 2 is 1.85 bits per heavy atom. The molecule has 5 heteroatoms. The van der Waals surface area contributed by atoms with E-state index in [4.69, 9.17) is 13.0 Å². The molecule has 13 heavy (non-hydrogen) atoms. The van der Waals surface area contributed by atoms with Gasteiger partial charge in [-0.25, -0.2) is 0 Å². The third-order valence-electron chi connectivity index (χ3n) is 1.62. The first kappa shape index (κ1) is 10.6. The Morgan fingerprint density at radius 1 is 1.15 bits per heavy atom. The van der Waals surface area contributed by atoms with E-state index in [0.717, 1.165) is 5.19 Å². The molecule has 0 fully saturated rings. The normalized spacial score (nSPS) is 13.7. The van der Waals surface area contributed by atoms with Crippen LogP contribution >= 0.6 is 0 Å². The maximum atomic E-state index is 5.56. The smallest absolute Gasteiger partial charge is 0.346 e. The van der Waals surface area contributed by atoms with Gasteiger partial charge in [0.05, 0.1) is 0 Å². The highest BCUT2D eigenvalue weighted by atomic mass is 28.4. The van der Waals surface area contributed by atoms with Crippen LogP contribution in [0.1, 0.15) is 0 Å². The van der Waals surface area contributed by atoms with Gasteiger partial charge in [0, 0.05) is 14.2 Å². The first-order valence-corrected chi connectivity index (χ1v) is 6.74. The summed E-state index contributed by atoms with van der Waals surface area (Å²) in [6, 6.07) is 10.0. The lowest BCUT2D eigenvalue weighted by atomic mass is 10.4. The summed E-state index contributed by atoms with van der Waals surface area (Å²) in [7, 11) is 0.857. The van der Waals surface area contributed by atoms with Gasteiger partial charge in [-0.3, -0.25) is 0 Å². The largest absolute Gasteiger partial charge is 0.418 e. The second kappa shape index (κ2) is 6.06. The number of hydrogen-bond acceptors (Lipinski definition) is 3. The van der Waals surface area contributed by atoms with Crippen molar-refractivity contribution in [2.75, 3.05) is 14.2 Å². The highest BCUT2D eigenvalue weighted by molar-refractivity contribution is 6.65. The van der Waals surface area contributed by atoms with E-state index in [1.807, 2.05) is 30.3 Å². The summed E-state index contributed by atoms with van der Waals surface area (Å²) in [5.41, 5.74) is 0. The van der Waals surface area contributed by atoms with E-state index in [-0.39, 0.29) is 0 Å². The minimum Gasteiger partial charge on any atom is -0.418 e. The molecule has 0 heterocycles. The maximum absolute atomic E-state index is 5.56. The van der Waals surface area contributed by atoms with Gasteiger partial charge >= 0.3 is 9.28 Å². The van der Waals surface area contributed by atoms with Crippen LogP contribution in [-0.2, 0) is 13.0 Å². The van der Waals surface area contributed by atoms with Crippen molar-refractivity contribution in [3.8, 4) is 0 Å². The molecule has 0 saturated carbocycles. The van der Waals surface area contributed by atoms with E-state index in [1.165, 1.54) is 0 Å². The van der Waals surface area contributed by atoms with Gasteiger partial charge in [-0.1, -0.05) is 30.3 Å². The SMILES string of the molecule is CO[SiH2]O[SiH](OC)c1ccccc1. The van der Waals surface area contributed by atoms with Crippen molar-refractivity contribution in [1.82, 2.24) is 0 Å². The second-order valence-corrected chi connectivity index (χ2v) is 6.50. The van der Waals surface area contributed by atoms with Crippen LogP contribution in [0.5, 0.6) is 0 Å². The average Bonchev–Trinajstić information content (AvgIpc) is 2.21. The van der Waals surface area contributed by atoms with E-state index >= 15 is 0 Å². The monoisotopic (exact) mass is 214 g/mol. The third kappa shape index (κ3) is 3.41. The predicted octanol–water partition coefficient (Wildman–Crippen LogP) is -0.578. The van der Waals surface area contributed by atoms with Crippen LogP contribution < -0.4 is 5.19 Å². The number of benzene rings is 1. The molecular weight excluding hydrogens is 200 g/mol. The average molecular weight is 214 g/mol. The number of hydrogen-bond donors (Lipinski definition) is 0. The molecule has 0 aromatic heterocycles. The fourth-order valence-corrected chi connectivity index (χ4v) is 4.20. The summed E-state index contributed by atoms with van der Waals surface area (Å²) in [6.45, 7) is 0. The van der Waals surface area contributed by atoms with Crippen LogP contribution in [0.4, 0.5) is 0 Å². The molecule has 3 nitrogen and oxygen atoms in total. The molecule has 0 aliphatic carbocycles. The molecule has 0 amide bonds. The van der Waals surface area contributed by atoms with E-state index in [9.17, 15) is 0 Å². The Bertz CT molecular complexity index is 230. The van der Waals surface area contributed by atoms with Gasteiger partial charge in [-0.2, -0.15) is 0 Å². The molecule has 0 spiro atoms. The van der Waals surface area contributed by atoms with Gasteiger partial charge in [0.2, 0.25) is 0 Å². The summed E-state index contributed by atoms with van der Waals surface area (Å²) < 4.78 is 15.8. The Labute approximate surface area is 82.5 Å². The van der Waals surface area contributed by atoms with Gasteiger partial charge in [0.1, 0.15) is 0 Å². The lowest BCUT2D eigenvalue weighted by Gasteiger charge is -2.13. The van der Waals surface area contributed by atoms with Gasteiger partial charge in [-0.05, 0) is 5.19 Å². The minimum atomic E-state index is -1.65. The topological polar surface area (TPSA) is 27.7 Å². The highest BCUT2D eigenvalue weighted by Gasteiger charge is 2.13. The Kier molecular flexibility index (Phi) is 4.95. The molecule has 0 saturated heterocycles. The lowest BCUT2D eigenvalue weighted by Crippen LogP contribution is -2.37. The molecule has 0 N–H and O–H groups in total. The summed E-state index contributed by atoms with van der Waals surface area (Å²) >= 11 is 0. The van der Waals surface area contributed by atoms with Gasteiger partial charge in [0.15, 0.2) is 0 Å². The second-order valence-electron chi connectivity index (χ2n) is 2.55. The lowest BCUT2D eigenvalue weighted by molar-refractivity contribution is 0.308. The van der Waals surface area contributed by atoms with Gasteiger partial charge in [-0.15, -0.1) is 0 Å². The third-order valence-corrected chi connectivity index (χ3v) is 4.97. The summed E-state index contributed by atoms with van der Waals surface area (Å²) in [5, 5.41) is 1.16. The molecule has 0 bridgehead atoms.